The van der Waals surface area contributed by atoms with Gasteiger partial charge in [0, 0.05) is 43.8 Å². The van der Waals surface area contributed by atoms with E-state index in [1.807, 2.05) is 24.3 Å². The minimum Gasteiger partial charge on any atom is -0.494 e. The number of amides is 1. The Morgan fingerprint density at radius 3 is 2.62 bits per heavy atom. The Bertz CT molecular complexity index is 1220. The van der Waals surface area contributed by atoms with Gasteiger partial charge in [0.1, 0.15) is 11.6 Å². The normalized spacial score (nSPS) is 13.0. The number of aromatic nitrogens is 1. The number of hydrogen-bond acceptors (Lipinski definition) is 7. The number of pyridine rings is 1. The standard InChI is InChI=1S/C25H26N6O3/c1-26-22-16-28-24(15-21(22)29-19-7-5-4-6-18(19)25(32)27-2)30-20-9-8-17(14-23(20)33-3)31-10-12-34-13-11-31/h4-9,14-16H,10-13H2,2-3H3,(H,27,32)(H2,28,29,30). The molecular formula is C25H26N6O3. The van der Waals surface area contributed by atoms with Gasteiger partial charge in [-0.05, 0) is 30.3 Å². The van der Waals surface area contributed by atoms with Crippen molar-refractivity contribution in [3.63, 3.8) is 0 Å². The molecule has 0 radical (unpaired) electrons. The first-order valence-corrected chi connectivity index (χ1v) is 10.9. The molecule has 0 atom stereocenters. The van der Waals surface area contributed by atoms with Gasteiger partial charge in [0.25, 0.3) is 5.91 Å². The van der Waals surface area contributed by atoms with E-state index in [1.54, 1.807) is 38.4 Å². The highest BCUT2D eigenvalue weighted by Gasteiger charge is 2.15. The summed E-state index contributed by atoms with van der Waals surface area (Å²) in [6, 6.07) is 14.8. The molecule has 9 nitrogen and oxygen atoms in total. The first-order valence-electron chi connectivity index (χ1n) is 10.9. The van der Waals surface area contributed by atoms with Crippen molar-refractivity contribution in [1.82, 2.24) is 10.3 Å². The Morgan fingerprint density at radius 2 is 1.88 bits per heavy atom. The molecule has 4 rings (SSSR count). The van der Waals surface area contributed by atoms with Crippen molar-refractivity contribution in [3.05, 3.63) is 71.7 Å². The van der Waals surface area contributed by atoms with Crippen molar-refractivity contribution in [2.75, 3.05) is 56.0 Å². The van der Waals surface area contributed by atoms with Crippen LogP contribution in [0.15, 0.2) is 54.7 Å². The minimum atomic E-state index is -0.218. The smallest absolute Gasteiger partial charge is 0.253 e. The monoisotopic (exact) mass is 458 g/mol. The molecule has 3 aromatic rings. The molecule has 34 heavy (non-hydrogen) atoms. The van der Waals surface area contributed by atoms with Gasteiger partial charge in [0.2, 0.25) is 5.69 Å². The van der Waals surface area contributed by atoms with Crippen molar-refractivity contribution >= 4 is 40.2 Å². The van der Waals surface area contributed by atoms with Gasteiger partial charge in [-0.1, -0.05) is 12.1 Å². The summed E-state index contributed by atoms with van der Waals surface area (Å²) in [5, 5.41) is 9.12. The molecule has 1 amide bonds. The molecule has 9 heteroatoms. The maximum atomic E-state index is 12.2. The number of carbonyl (C=O) groups is 1. The van der Waals surface area contributed by atoms with Crippen LogP contribution in [0.5, 0.6) is 5.75 Å². The Hall–Kier alpha value is -4.29. The second-order valence-electron chi connectivity index (χ2n) is 7.56. The van der Waals surface area contributed by atoms with Crippen LogP contribution >= 0.6 is 0 Å². The molecule has 1 fully saturated rings. The van der Waals surface area contributed by atoms with Crippen molar-refractivity contribution in [2.24, 2.45) is 0 Å². The fraction of sp³-hybridized carbons (Fsp3) is 0.240. The van der Waals surface area contributed by atoms with Gasteiger partial charge in [0.15, 0.2) is 0 Å². The summed E-state index contributed by atoms with van der Waals surface area (Å²) in [5.41, 5.74) is 3.76. The zero-order valence-electron chi connectivity index (χ0n) is 19.1. The average Bonchev–Trinajstić information content (AvgIpc) is 2.89. The highest BCUT2D eigenvalue weighted by molar-refractivity contribution is 6.00. The number of nitrogens with one attached hydrogen (secondary N) is 3. The molecule has 0 bridgehead atoms. The van der Waals surface area contributed by atoms with Gasteiger partial charge >= 0.3 is 0 Å². The lowest BCUT2D eigenvalue weighted by Gasteiger charge is -2.29. The van der Waals surface area contributed by atoms with Crippen LogP contribution in [0, 0.1) is 6.57 Å². The molecule has 1 saturated heterocycles. The highest BCUT2D eigenvalue weighted by Crippen LogP contribution is 2.35. The van der Waals surface area contributed by atoms with Crippen LogP contribution < -0.4 is 25.6 Å². The topological polar surface area (TPSA) is 92.1 Å². The first kappa shape index (κ1) is 22.9. The number of nitrogens with zero attached hydrogens (tertiary/aromatic N) is 3. The molecule has 1 aromatic heterocycles. The summed E-state index contributed by atoms with van der Waals surface area (Å²) in [6.45, 7) is 10.6. The van der Waals surface area contributed by atoms with Gasteiger partial charge in [-0.15, -0.1) is 0 Å². The number of morpholine rings is 1. The minimum absolute atomic E-state index is 0.218. The predicted octanol–water partition coefficient (Wildman–Crippen LogP) is 4.32. The molecule has 1 aliphatic rings. The van der Waals surface area contributed by atoms with E-state index in [4.69, 9.17) is 16.0 Å². The van der Waals surface area contributed by atoms with Crippen molar-refractivity contribution in [2.45, 2.75) is 0 Å². The van der Waals surface area contributed by atoms with E-state index >= 15 is 0 Å². The third kappa shape index (κ3) is 5.03. The van der Waals surface area contributed by atoms with Gasteiger partial charge in [-0.25, -0.2) is 4.85 Å². The molecule has 2 aromatic carbocycles. The maximum Gasteiger partial charge on any atom is 0.253 e. The van der Waals surface area contributed by atoms with Crippen LogP contribution in [0.25, 0.3) is 4.85 Å². The van der Waals surface area contributed by atoms with E-state index in [1.165, 1.54) is 6.20 Å². The van der Waals surface area contributed by atoms with E-state index in [9.17, 15) is 4.79 Å². The van der Waals surface area contributed by atoms with Crippen molar-refractivity contribution < 1.29 is 14.3 Å². The summed E-state index contributed by atoms with van der Waals surface area (Å²) in [7, 11) is 3.21. The largest absolute Gasteiger partial charge is 0.494 e. The predicted molar refractivity (Wildman–Crippen MR) is 133 cm³/mol. The fourth-order valence-electron chi connectivity index (χ4n) is 3.71. The van der Waals surface area contributed by atoms with Gasteiger partial charge in [-0.3, -0.25) is 9.78 Å². The quantitative estimate of drug-likeness (QED) is 0.454. The highest BCUT2D eigenvalue weighted by atomic mass is 16.5. The Balaban J connectivity index is 1.60. The molecule has 0 saturated carbocycles. The number of hydrogen-bond donors (Lipinski definition) is 3. The molecular weight excluding hydrogens is 432 g/mol. The number of ether oxygens (including phenoxy) is 2. The maximum absolute atomic E-state index is 12.2. The fourth-order valence-corrected chi connectivity index (χ4v) is 3.71. The van der Waals surface area contributed by atoms with Gasteiger partial charge < -0.3 is 30.3 Å². The second kappa shape index (κ2) is 10.6. The lowest BCUT2D eigenvalue weighted by molar-refractivity contribution is 0.0964. The molecule has 0 aliphatic carbocycles. The number of rotatable bonds is 7. The Kier molecular flexibility index (Phi) is 7.10. The van der Waals surface area contributed by atoms with Crippen LogP contribution in [-0.4, -0.2) is 51.4 Å². The van der Waals surface area contributed by atoms with Crippen LogP contribution in [0.4, 0.5) is 34.3 Å². The second-order valence-corrected chi connectivity index (χ2v) is 7.56. The summed E-state index contributed by atoms with van der Waals surface area (Å²) >= 11 is 0. The van der Waals surface area contributed by atoms with E-state index in [-0.39, 0.29) is 5.91 Å². The summed E-state index contributed by atoms with van der Waals surface area (Å²) < 4.78 is 11.1. The van der Waals surface area contributed by atoms with Crippen molar-refractivity contribution in [1.29, 1.82) is 0 Å². The molecule has 174 valence electrons. The summed E-state index contributed by atoms with van der Waals surface area (Å²) in [5.74, 6) is 0.995. The number of carbonyl (C=O) groups excluding carboxylic acids is 1. The van der Waals surface area contributed by atoms with Crippen LogP contribution in [0.1, 0.15) is 10.4 Å². The number of anilines is 5. The van der Waals surface area contributed by atoms with E-state index < -0.39 is 0 Å². The number of para-hydroxylation sites is 1. The molecule has 1 aliphatic heterocycles. The third-order valence-corrected chi connectivity index (χ3v) is 5.50. The third-order valence-electron chi connectivity index (χ3n) is 5.50. The SMILES string of the molecule is [C-]#[N+]c1cnc(Nc2ccc(N3CCOCC3)cc2OC)cc1Nc1ccccc1C(=O)NC. The van der Waals surface area contributed by atoms with Crippen molar-refractivity contribution in [3.8, 4) is 5.75 Å². The Morgan fingerprint density at radius 1 is 1.09 bits per heavy atom. The summed E-state index contributed by atoms with van der Waals surface area (Å²) in [6.07, 6.45) is 1.49. The summed E-state index contributed by atoms with van der Waals surface area (Å²) in [4.78, 5) is 22.4. The number of methoxy groups -OCH3 is 1. The Labute approximate surface area is 198 Å². The molecule has 3 N–H and O–H groups in total. The van der Waals surface area contributed by atoms with E-state index in [2.05, 4.69) is 30.7 Å². The van der Waals surface area contributed by atoms with E-state index in [0.29, 0.717) is 47.4 Å². The lowest BCUT2D eigenvalue weighted by atomic mass is 10.1. The first-order chi connectivity index (χ1) is 16.6. The van der Waals surface area contributed by atoms with Gasteiger partial charge in [-0.2, -0.15) is 0 Å². The zero-order valence-corrected chi connectivity index (χ0v) is 19.1. The lowest BCUT2D eigenvalue weighted by Crippen LogP contribution is -2.36. The van der Waals surface area contributed by atoms with E-state index in [0.717, 1.165) is 24.5 Å². The van der Waals surface area contributed by atoms with Crippen LogP contribution in [0.3, 0.4) is 0 Å². The average molecular weight is 459 g/mol. The molecule has 2 heterocycles. The van der Waals surface area contributed by atoms with Crippen LogP contribution in [0.2, 0.25) is 0 Å². The number of benzene rings is 2. The molecule has 0 spiro atoms. The van der Waals surface area contributed by atoms with Gasteiger partial charge in [0.05, 0.1) is 43.8 Å². The molecule has 0 unspecified atom stereocenters. The zero-order chi connectivity index (χ0) is 23.9. The van der Waals surface area contributed by atoms with Crippen LogP contribution in [-0.2, 0) is 4.74 Å².